The van der Waals surface area contributed by atoms with Crippen molar-refractivity contribution in [1.29, 1.82) is 0 Å². The largest absolute Gasteiger partial charge is 0.437 e. The van der Waals surface area contributed by atoms with E-state index in [1.165, 1.54) is 10.9 Å². The number of nitrogens with zero attached hydrogens (tertiary/aromatic N) is 3. The molecule has 38 heavy (non-hydrogen) atoms. The van der Waals surface area contributed by atoms with Crippen molar-refractivity contribution in [3.8, 4) is 22.9 Å². The van der Waals surface area contributed by atoms with Crippen LogP contribution in [0, 0.1) is 12.8 Å². The molecule has 1 aliphatic carbocycles. The van der Waals surface area contributed by atoms with Crippen molar-refractivity contribution >= 4 is 16.7 Å². The number of aliphatic hydroxyl groups excluding tert-OH is 1. The third-order valence-corrected chi connectivity index (χ3v) is 7.93. The molecule has 7 nitrogen and oxygen atoms in total. The average molecular weight is 510 g/mol. The molecule has 3 heterocycles. The molecule has 6 rings (SSSR count). The molecule has 4 aromatic rings. The number of pyridine rings is 1. The summed E-state index contributed by atoms with van der Waals surface area (Å²) in [7, 11) is 0. The molecule has 0 spiro atoms. The molecule has 2 fully saturated rings. The number of rotatable bonds is 7. The number of aryl methyl sites for hydroxylation is 1. The fraction of sp³-hybridized carbons (Fsp3) is 0.387. The first-order valence-electron chi connectivity index (χ1n) is 13.8. The maximum absolute atomic E-state index is 10.4. The van der Waals surface area contributed by atoms with Gasteiger partial charge in [0.1, 0.15) is 5.75 Å². The molecule has 1 saturated heterocycles. The lowest BCUT2D eigenvalue weighted by Crippen LogP contribution is -2.38. The van der Waals surface area contributed by atoms with E-state index in [1.54, 1.807) is 12.4 Å². The number of fused-ring (bicyclic) bond motifs is 1. The molecule has 1 aliphatic heterocycles. The van der Waals surface area contributed by atoms with Crippen LogP contribution in [-0.4, -0.2) is 45.3 Å². The van der Waals surface area contributed by atoms with Gasteiger partial charge in [-0.3, -0.25) is 0 Å². The normalized spacial score (nSPS) is 21.5. The van der Waals surface area contributed by atoms with Gasteiger partial charge in [0, 0.05) is 30.4 Å². The van der Waals surface area contributed by atoms with Gasteiger partial charge in [0.05, 0.1) is 17.4 Å². The number of hydrogen-bond acceptors (Lipinski definition) is 7. The lowest BCUT2D eigenvalue weighted by atomic mass is 9.92. The zero-order valence-corrected chi connectivity index (χ0v) is 21.9. The fourth-order valence-electron chi connectivity index (χ4n) is 5.86. The summed E-state index contributed by atoms with van der Waals surface area (Å²) in [6.07, 6.45) is 9.54. The van der Waals surface area contributed by atoms with Gasteiger partial charge in [0.2, 0.25) is 11.8 Å². The third kappa shape index (κ3) is 5.22. The summed E-state index contributed by atoms with van der Waals surface area (Å²) in [5, 5.41) is 19.5. The highest BCUT2D eigenvalue weighted by molar-refractivity contribution is 5.92. The smallest absolute Gasteiger partial charge is 0.228 e. The Labute approximate surface area is 223 Å². The van der Waals surface area contributed by atoms with Crippen molar-refractivity contribution in [2.24, 2.45) is 5.92 Å². The van der Waals surface area contributed by atoms with E-state index < -0.39 is 0 Å². The molecule has 7 heteroatoms. The van der Waals surface area contributed by atoms with Gasteiger partial charge in [0.15, 0.2) is 0 Å². The second-order valence-corrected chi connectivity index (χ2v) is 10.6. The van der Waals surface area contributed by atoms with Gasteiger partial charge < -0.3 is 20.5 Å². The lowest BCUT2D eigenvalue weighted by Gasteiger charge is -2.23. The van der Waals surface area contributed by atoms with Crippen molar-refractivity contribution in [1.82, 2.24) is 20.3 Å². The van der Waals surface area contributed by atoms with E-state index in [9.17, 15) is 5.11 Å². The van der Waals surface area contributed by atoms with E-state index in [4.69, 9.17) is 9.72 Å². The van der Waals surface area contributed by atoms with Gasteiger partial charge in [-0.2, -0.15) is 0 Å². The Morgan fingerprint density at radius 3 is 2.76 bits per heavy atom. The monoisotopic (exact) mass is 509 g/mol. The standard InChI is InChI=1S/C31H35N5O2/c1-20-12-13-24-21(18-22-7-3-11-28(22)37)6-2-9-25(24)29(20)38-30-26(10-5-16-33-30)27-14-17-34-31(36-27)35-23-8-4-15-32-19-23/h2,5-6,9-10,12-14,16-17,22-23,28,32,37H,3-4,7-8,11,15,18-19H2,1H3,(H,34,35,36)/t22-,23+,28+/m1/s1. The second kappa shape index (κ2) is 11.1. The highest BCUT2D eigenvalue weighted by Crippen LogP contribution is 2.39. The zero-order valence-electron chi connectivity index (χ0n) is 21.9. The molecule has 2 aliphatic rings. The highest BCUT2D eigenvalue weighted by Gasteiger charge is 2.26. The van der Waals surface area contributed by atoms with Gasteiger partial charge >= 0.3 is 0 Å². The van der Waals surface area contributed by atoms with Crippen molar-refractivity contribution in [3.05, 3.63) is 72.1 Å². The molecule has 3 atom stereocenters. The van der Waals surface area contributed by atoms with Crippen LogP contribution in [0.2, 0.25) is 0 Å². The first-order chi connectivity index (χ1) is 18.7. The topological polar surface area (TPSA) is 92.2 Å². The number of benzene rings is 2. The molecular formula is C31H35N5O2. The number of aromatic nitrogens is 3. The van der Waals surface area contributed by atoms with Crippen LogP contribution in [0.1, 0.15) is 43.2 Å². The van der Waals surface area contributed by atoms with E-state index in [0.717, 1.165) is 79.6 Å². The van der Waals surface area contributed by atoms with Gasteiger partial charge in [-0.25, -0.2) is 15.0 Å². The van der Waals surface area contributed by atoms with Crippen LogP contribution in [0.5, 0.6) is 11.6 Å². The first kappa shape index (κ1) is 24.8. The predicted octanol–water partition coefficient (Wildman–Crippen LogP) is 5.66. The summed E-state index contributed by atoms with van der Waals surface area (Å²) in [5.74, 6) is 2.25. The quantitative estimate of drug-likeness (QED) is 0.296. The minimum Gasteiger partial charge on any atom is -0.437 e. The van der Waals surface area contributed by atoms with Gasteiger partial charge in [0.25, 0.3) is 0 Å². The number of nitrogens with one attached hydrogen (secondary N) is 2. The van der Waals surface area contributed by atoms with E-state index >= 15 is 0 Å². The Morgan fingerprint density at radius 2 is 1.92 bits per heavy atom. The summed E-state index contributed by atoms with van der Waals surface area (Å²) >= 11 is 0. The number of anilines is 1. The highest BCUT2D eigenvalue weighted by atomic mass is 16.5. The van der Waals surface area contributed by atoms with Gasteiger partial charge in [-0.1, -0.05) is 36.8 Å². The molecule has 2 aromatic heterocycles. The Morgan fingerprint density at radius 1 is 0.974 bits per heavy atom. The zero-order chi connectivity index (χ0) is 25.9. The molecule has 3 N–H and O–H groups in total. The fourth-order valence-corrected chi connectivity index (χ4v) is 5.86. The summed E-state index contributed by atoms with van der Waals surface area (Å²) < 4.78 is 6.59. The Balaban J connectivity index is 1.32. The van der Waals surface area contributed by atoms with Crippen LogP contribution in [-0.2, 0) is 6.42 Å². The summed E-state index contributed by atoms with van der Waals surface area (Å²) in [6.45, 7) is 4.04. The Hall–Kier alpha value is -3.55. The Bertz CT molecular complexity index is 1420. The summed E-state index contributed by atoms with van der Waals surface area (Å²) in [4.78, 5) is 13.9. The van der Waals surface area contributed by atoms with Crippen molar-refractivity contribution in [2.75, 3.05) is 18.4 Å². The van der Waals surface area contributed by atoms with Gasteiger partial charge in [-0.05, 0) is 86.2 Å². The van der Waals surface area contributed by atoms with Crippen LogP contribution in [0.4, 0.5) is 5.95 Å². The maximum Gasteiger partial charge on any atom is 0.228 e. The van der Waals surface area contributed by atoms with Crippen LogP contribution in [0.3, 0.4) is 0 Å². The molecule has 0 amide bonds. The molecule has 2 aromatic carbocycles. The SMILES string of the molecule is Cc1ccc2c(C[C@H]3CCC[C@@H]3O)cccc2c1Oc1ncccc1-c1ccnc(N[C@H]2CCCNC2)n1. The molecule has 0 bridgehead atoms. The van der Waals surface area contributed by atoms with E-state index in [1.807, 2.05) is 18.2 Å². The van der Waals surface area contributed by atoms with Crippen molar-refractivity contribution in [3.63, 3.8) is 0 Å². The molecule has 0 radical (unpaired) electrons. The molecule has 0 unspecified atom stereocenters. The second-order valence-electron chi connectivity index (χ2n) is 10.6. The van der Waals surface area contributed by atoms with Crippen molar-refractivity contribution < 1.29 is 9.84 Å². The predicted molar refractivity (Wildman–Crippen MR) is 151 cm³/mol. The van der Waals surface area contributed by atoms with E-state index in [-0.39, 0.29) is 6.10 Å². The minimum absolute atomic E-state index is 0.205. The average Bonchev–Trinajstić information content (AvgIpc) is 3.35. The first-order valence-corrected chi connectivity index (χ1v) is 13.8. The van der Waals surface area contributed by atoms with Crippen molar-refractivity contribution in [2.45, 2.75) is 57.6 Å². The Kier molecular flexibility index (Phi) is 7.20. The van der Waals surface area contributed by atoms with Crippen LogP contribution in [0.25, 0.3) is 22.0 Å². The maximum atomic E-state index is 10.4. The van der Waals surface area contributed by atoms with Crippen LogP contribution < -0.4 is 15.4 Å². The number of ether oxygens (including phenoxy) is 1. The minimum atomic E-state index is -0.205. The number of piperidine rings is 1. The molecule has 196 valence electrons. The number of hydrogen-bond donors (Lipinski definition) is 3. The lowest BCUT2D eigenvalue weighted by molar-refractivity contribution is 0.133. The van der Waals surface area contributed by atoms with E-state index in [0.29, 0.717) is 23.8 Å². The molecule has 1 saturated carbocycles. The van der Waals surface area contributed by atoms with E-state index in [2.05, 4.69) is 57.9 Å². The van der Waals surface area contributed by atoms with Gasteiger partial charge in [-0.15, -0.1) is 0 Å². The summed E-state index contributed by atoms with van der Waals surface area (Å²) in [6, 6.07) is 16.8. The summed E-state index contributed by atoms with van der Waals surface area (Å²) in [5.41, 5.74) is 3.88. The van der Waals surface area contributed by atoms with Crippen LogP contribution in [0.15, 0.2) is 60.9 Å². The number of aliphatic hydroxyl groups is 1. The third-order valence-electron chi connectivity index (χ3n) is 7.93. The van der Waals surface area contributed by atoms with Crippen LogP contribution >= 0.6 is 0 Å². The molecular weight excluding hydrogens is 474 g/mol.